The molecule has 0 aromatic heterocycles. The average molecular weight is 379 g/mol. The molecule has 122 valence electrons. The van der Waals surface area contributed by atoms with E-state index in [1.807, 2.05) is 6.07 Å². The van der Waals surface area contributed by atoms with Crippen LogP contribution >= 0.6 is 15.9 Å². The fourth-order valence-corrected chi connectivity index (χ4v) is 2.50. The minimum absolute atomic E-state index is 0.102. The van der Waals surface area contributed by atoms with Gasteiger partial charge in [0.15, 0.2) is 5.75 Å². The van der Waals surface area contributed by atoms with Crippen molar-refractivity contribution in [2.45, 2.75) is 26.2 Å². The maximum atomic E-state index is 11.0. The Morgan fingerprint density at radius 3 is 2.83 bits per heavy atom. The Labute approximate surface area is 144 Å². The van der Waals surface area contributed by atoms with Crippen molar-refractivity contribution < 1.29 is 14.6 Å². The summed E-state index contributed by atoms with van der Waals surface area (Å²) in [5.41, 5.74) is 6.56. The molecule has 1 aromatic rings. The third-order valence-electron chi connectivity index (χ3n) is 3.05. The highest BCUT2D eigenvalue weighted by molar-refractivity contribution is 9.10. The third-order valence-corrected chi connectivity index (χ3v) is 3.64. The number of hydrogen-bond donors (Lipinski definition) is 2. The lowest BCUT2D eigenvalue weighted by atomic mass is 10.1. The van der Waals surface area contributed by atoms with Crippen molar-refractivity contribution in [2.75, 3.05) is 6.61 Å². The topological polar surface area (TPSA) is 96.3 Å². The zero-order valence-electron chi connectivity index (χ0n) is 12.9. The van der Waals surface area contributed by atoms with Gasteiger partial charge in [0.25, 0.3) is 0 Å². The van der Waals surface area contributed by atoms with E-state index in [0.29, 0.717) is 28.8 Å². The molecule has 1 aromatic carbocycles. The van der Waals surface area contributed by atoms with Crippen molar-refractivity contribution in [1.82, 2.24) is 0 Å². The van der Waals surface area contributed by atoms with Crippen molar-refractivity contribution in [2.24, 2.45) is 5.73 Å². The molecule has 0 amide bonds. The van der Waals surface area contributed by atoms with Crippen molar-refractivity contribution in [3.05, 3.63) is 51.7 Å². The Balaban J connectivity index is 3.02. The van der Waals surface area contributed by atoms with E-state index in [4.69, 9.17) is 15.6 Å². The standard InChI is InChI=1S/C17H19BrN2O3/c1-2-3-8-23-16-14(11-20)9-12(10-15(16)18)4-5-13(6-7-19)17(21)22/h5-7,9-10H,2-4,8,19H2,1H3,(H,21,22)/b7-6-,13-5+. The Morgan fingerprint density at radius 1 is 1.52 bits per heavy atom. The quantitative estimate of drug-likeness (QED) is 0.409. The third kappa shape index (κ3) is 5.80. The zero-order chi connectivity index (χ0) is 17.2. The minimum Gasteiger partial charge on any atom is -0.491 e. The lowest BCUT2D eigenvalue weighted by Crippen LogP contribution is -2.01. The fraction of sp³-hybridized carbons (Fsp3) is 0.294. The van der Waals surface area contributed by atoms with E-state index in [1.165, 1.54) is 12.3 Å². The van der Waals surface area contributed by atoms with Crippen LogP contribution in [0.15, 0.2) is 40.5 Å². The van der Waals surface area contributed by atoms with Crippen LogP contribution in [0.5, 0.6) is 5.75 Å². The summed E-state index contributed by atoms with van der Waals surface area (Å²) in [6.07, 6.45) is 6.34. The molecule has 0 fully saturated rings. The molecule has 23 heavy (non-hydrogen) atoms. The molecule has 0 aliphatic rings. The highest BCUT2D eigenvalue weighted by atomic mass is 79.9. The lowest BCUT2D eigenvalue weighted by Gasteiger charge is -2.11. The molecule has 0 aliphatic heterocycles. The smallest absolute Gasteiger partial charge is 0.335 e. The van der Waals surface area contributed by atoms with E-state index in [0.717, 1.165) is 18.4 Å². The van der Waals surface area contributed by atoms with Crippen LogP contribution in [0, 0.1) is 11.3 Å². The van der Waals surface area contributed by atoms with Gasteiger partial charge in [0.1, 0.15) is 6.07 Å². The van der Waals surface area contributed by atoms with Crippen LogP contribution < -0.4 is 10.5 Å². The number of carboxylic acids is 1. The number of carbonyl (C=O) groups is 1. The number of benzene rings is 1. The summed E-state index contributed by atoms with van der Waals surface area (Å²) in [5.74, 6) is -0.528. The normalized spacial score (nSPS) is 11.4. The number of carboxylic acid groups (broad SMARTS) is 1. The lowest BCUT2D eigenvalue weighted by molar-refractivity contribution is -0.132. The molecule has 0 aliphatic carbocycles. The number of unbranched alkanes of at least 4 members (excludes halogenated alkanes) is 1. The van der Waals surface area contributed by atoms with Crippen molar-refractivity contribution >= 4 is 21.9 Å². The van der Waals surface area contributed by atoms with Gasteiger partial charge < -0.3 is 15.6 Å². The summed E-state index contributed by atoms with van der Waals surface area (Å²) in [6.45, 7) is 2.61. The number of halogens is 1. The molecule has 0 saturated heterocycles. The number of nitrogens with two attached hydrogens (primary N) is 1. The second-order valence-electron chi connectivity index (χ2n) is 4.80. The van der Waals surface area contributed by atoms with Gasteiger partial charge in [0.2, 0.25) is 0 Å². The van der Waals surface area contributed by atoms with Gasteiger partial charge in [-0.2, -0.15) is 5.26 Å². The second-order valence-corrected chi connectivity index (χ2v) is 5.65. The van der Waals surface area contributed by atoms with Crippen LogP contribution in [0.3, 0.4) is 0 Å². The molecule has 1 rings (SSSR count). The predicted octanol–water partition coefficient (Wildman–Crippen LogP) is 3.53. The van der Waals surface area contributed by atoms with Crippen LogP contribution in [-0.4, -0.2) is 17.7 Å². The van der Waals surface area contributed by atoms with E-state index in [1.54, 1.807) is 12.1 Å². The van der Waals surface area contributed by atoms with E-state index in [2.05, 4.69) is 28.9 Å². The summed E-state index contributed by atoms with van der Waals surface area (Å²) in [4.78, 5) is 11.0. The second kappa shape index (κ2) is 9.70. The Morgan fingerprint density at radius 2 is 2.26 bits per heavy atom. The molecule has 0 bridgehead atoms. The molecule has 0 atom stereocenters. The Hall–Kier alpha value is -2.26. The molecular formula is C17H19BrN2O3. The average Bonchev–Trinajstić information content (AvgIpc) is 2.52. The van der Waals surface area contributed by atoms with E-state index in [9.17, 15) is 10.1 Å². The number of hydrogen-bond acceptors (Lipinski definition) is 4. The number of allylic oxidation sites excluding steroid dienone is 1. The monoisotopic (exact) mass is 378 g/mol. The summed E-state index contributed by atoms with van der Waals surface area (Å²) >= 11 is 3.41. The number of aliphatic carboxylic acids is 1. The minimum atomic E-state index is -1.05. The van der Waals surface area contributed by atoms with E-state index in [-0.39, 0.29) is 5.57 Å². The number of nitriles is 1. The predicted molar refractivity (Wildman–Crippen MR) is 92.0 cm³/mol. The molecule has 0 spiro atoms. The molecule has 0 saturated carbocycles. The van der Waals surface area contributed by atoms with Crippen molar-refractivity contribution in [1.29, 1.82) is 5.26 Å². The molecular weight excluding hydrogens is 360 g/mol. The van der Waals surface area contributed by atoms with Gasteiger partial charge in [-0.25, -0.2) is 4.79 Å². The SMILES string of the molecule is CCCCOc1c(Br)cc(C/C=C(\C=C/N)C(=O)O)cc1C#N. The summed E-state index contributed by atoms with van der Waals surface area (Å²) in [7, 11) is 0. The van der Waals surface area contributed by atoms with Crippen LogP contribution in [-0.2, 0) is 11.2 Å². The summed E-state index contributed by atoms with van der Waals surface area (Å²) < 4.78 is 6.33. The largest absolute Gasteiger partial charge is 0.491 e. The van der Waals surface area contributed by atoms with Gasteiger partial charge in [0, 0.05) is 0 Å². The van der Waals surface area contributed by atoms with Crippen LogP contribution in [0.1, 0.15) is 30.9 Å². The molecule has 0 heterocycles. The van der Waals surface area contributed by atoms with Gasteiger partial charge in [-0.1, -0.05) is 19.4 Å². The fourth-order valence-electron chi connectivity index (χ4n) is 1.87. The van der Waals surface area contributed by atoms with Crippen LogP contribution in [0.25, 0.3) is 0 Å². The first kappa shape index (κ1) is 18.8. The number of nitrogens with zero attached hydrogens (tertiary/aromatic N) is 1. The van der Waals surface area contributed by atoms with Crippen molar-refractivity contribution in [3.63, 3.8) is 0 Å². The molecule has 0 unspecified atom stereocenters. The van der Waals surface area contributed by atoms with Crippen molar-refractivity contribution in [3.8, 4) is 11.8 Å². The number of ether oxygens (including phenoxy) is 1. The van der Waals surface area contributed by atoms with Gasteiger partial charge >= 0.3 is 5.97 Å². The van der Waals surface area contributed by atoms with E-state index >= 15 is 0 Å². The van der Waals surface area contributed by atoms with Gasteiger partial charge in [-0.05, 0) is 58.7 Å². The van der Waals surface area contributed by atoms with Gasteiger partial charge in [-0.15, -0.1) is 0 Å². The molecule has 3 N–H and O–H groups in total. The molecule has 6 heteroatoms. The summed E-state index contributed by atoms with van der Waals surface area (Å²) in [5, 5.41) is 18.3. The zero-order valence-corrected chi connectivity index (χ0v) is 14.5. The number of rotatable bonds is 8. The van der Waals surface area contributed by atoms with Crippen LogP contribution in [0.4, 0.5) is 0 Å². The first-order valence-electron chi connectivity index (χ1n) is 7.20. The van der Waals surface area contributed by atoms with E-state index < -0.39 is 5.97 Å². The highest BCUT2D eigenvalue weighted by Crippen LogP contribution is 2.31. The molecule has 5 nitrogen and oxygen atoms in total. The maximum Gasteiger partial charge on any atom is 0.335 e. The maximum absolute atomic E-state index is 11.0. The van der Waals surface area contributed by atoms with Crippen LogP contribution in [0.2, 0.25) is 0 Å². The highest BCUT2D eigenvalue weighted by Gasteiger charge is 2.11. The first-order chi connectivity index (χ1) is 11.0. The Kier molecular flexibility index (Phi) is 7.92. The van der Waals surface area contributed by atoms with Gasteiger partial charge in [0.05, 0.1) is 22.2 Å². The Bertz CT molecular complexity index is 661. The first-order valence-corrected chi connectivity index (χ1v) is 7.99. The molecule has 0 radical (unpaired) electrons. The summed E-state index contributed by atoms with van der Waals surface area (Å²) in [6, 6.07) is 5.64. The van der Waals surface area contributed by atoms with Gasteiger partial charge in [-0.3, -0.25) is 0 Å².